The number of hydrogen-bond donors (Lipinski definition) is 3. The van der Waals surface area contributed by atoms with Crippen LogP contribution in [0.5, 0.6) is 0 Å². The average molecular weight is 212 g/mol. The van der Waals surface area contributed by atoms with Gasteiger partial charge in [0.2, 0.25) is 0 Å². The summed E-state index contributed by atoms with van der Waals surface area (Å²) in [4.78, 5) is 0. The van der Waals surface area contributed by atoms with Crippen molar-refractivity contribution in [2.75, 3.05) is 26.2 Å². The third kappa shape index (κ3) is 4.09. The fraction of sp³-hybridized carbons (Fsp3) is 1.00. The topological polar surface area (TPSA) is 44.3 Å². The van der Waals surface area contributed by atoms with Crippen molar-refractivity contribution in [1.29, 1.82) is 0 Å². The zero-order valence-electron chi connectivity index (χ0n) is 9.60. The lowest BCUT2D eigenvalue weighted by molar-refractivity contribution is 0.139. The minimum Gasteiger partial charge on any atom is -0.390 e. The van der Waals surface area contributed by atoms with Crippen LogP contribution in [0.4, 0.5) is 0 Å². The van der Waals surface area contributed by atoms with Crippen LogP contribution in [0.1, 0.15) is 38.5 Å². The van der Waals surface area contributed by atoms with Crippen molar-refractivity contribution >= 4 is 0 Å². The summed E-state index contributed by atoms with van der Waals surface area (Å²) in [5, 5.41) is 16.6. The second kappa shape index (κ2) is 5.28. The first kappa shape index (κ1) is 11.4. The Bertz CT molecular complexity index is 184. The molecule has 15 heavy (non-hydrogen) atoms. The van der Waals surface area contributed by atoms with Gasteiger partial charge in [-0.15, -0.1) is 0 Å². The van der Waals surface area contributed by atoms with Gasteiger partial charge in [0.05, 0.1) is 5.60 Å². The maximum absolute atomic E-state index is 9.66. The highest BCUT2D eigenvalue weighted by atomic mass is 16.3. The lowest BCUT2D eigenvalue weighted by Crippen LogP contribution is -2.27. The molecule has 88 valence electrons. The Labute approximate surface area is 92.6 Å². The van der Waals surface area contributed by atoms with Gasteiger partial charge in [-0.3, -0.25) is 0 Å². The van der Waals surface area contributed by atoms with E-state index in [1.165, 1.54) is 32.4 Å². The number of hydrogen-bond acceptors (Lipinski definition) is 3. The second-order valence-electron chi connectivity index (χ2n) is 5.23. The summed E-state index contributed by atoms with van der Waals surface area (Å²) in [6.45, 7) is 4.49. The molecule has 0 spiro atoms. The summed E-state index contributed by atoms with van der Waals surface area (Å²) in [6, 6.07) is 0. The maximum Gasteiger partial charge on any atom is 0.0662 e. The van der Waals surface area contributed by atoms with Gasteiger partial charge in [-0.1, -0.05) is 0 Å². The van der Waals surface area contributed by atoms with Crippen LogP contribution in [0.15, 0.2) is 0 Å². The predicted molar refractivity (Wildman–Crippen MR) is 61.9 cm³/mol. The van der Waals surface area contributed by atoms with Crippen molar-refractivity contribution in [3.63, 3.8) is 0 Å². The highest BCUT2D eigenvalue weighted by Gasteiger charge is 2.39. The quantitative estimate of drug-likeness (QED) is 0.593. The van der Waals surface area contributed by atoms with Crippen LogP contribution in [0, 0.1) is 5.92 Å². The van der Waals surface area contributed by atoms with Crippen LogP contribution < -0.4 is 10.6 Å². The highest BCUT2D eigenvalue weighted by molar-refractivity contribution is 4.93. The van der Waals surface area contributed by atoms with E-state index in [9.17, 15) is 5.11 Å². The Morgan fingerprint density at radius 2 is 2.13 bits per heavy atom. The molecule has 0 aromatic carbocycles. The van der Waals surface area contributed by atoms with Crippen LogP contribution in [-0.4, -0.2) is 36.9 Å². The molecular weight excluding hydrogens is 188 g/mol. The molecule has 3 nitrogen and oxygen atoms in total. The van der Waals surface area contributed by atoms with Crippen LogP contribution in [0.25, 0.3) is 0 Å². The van der Waals surface area contributed by atoms with Gasteiger partial charge in [-0.25, -0.2) is 0 Å². The molecule has 2 aliphatic rings. The average Bonchev–Trinajstić information content (AvgIpc) is 2.98. The van der Waals surface area contributed by atoms with Crippen molar-refractivity contribution in [2.24, 2.45) is 5.92 Å². The Morgan fingerprint density at radius 3 is 2.93 bits per heavy atom. The summed E-state index contributed by atoms with van der Waals surface area (Å²) in [6.07, 6.45) is 6.94. The first-order valence-corrected chi connectivity index (χ1v) is 6.42. The van der Waals surface area contributed by atoms with E-state index in [4.69, 9.17) is 0 Å². The predicted octanol–water partition coefficient (Wildman–Crippen LogP) is 0.881. The van der Waals surface area contributed by atoms with Crippen molar-refractivity contribution < 1.29 is 5.11 Å². The Hall–Kier alpha value is -0.120. The number of nitrogens with one attached hydrogen (secondary N) is 2. The SMILES string of the molecule is OC1(CCNCC2CCCNCC2)CC1. The third-order valence-electron chi connectivity index (χ3n) is 3.72. The molecule has 1 saturated carbocycles. The van der Waals surface area contributed by atoms with Crippen LogP contribution in [0.2, 0.25) is 0 Å². The zero-order chi connectivity index (χ0) is 10.6. The molecule has 1 aliphatic carbocycles. The second-order valence-corrected chi connectivity index (χ2v) is 5.23. The largest absolute Gasteiger partial charge is 0.390 e. The molecular formula is C12H24N2O. The molecule has 0 amide bonds. The lowest BCUT2D eigenvalue weighted by Gasteiger charge is -2.15. The van der Waals surface area contributed by atoms with E-state index < -0.39 is 0 Å². The Balaban J connectivity index is 1.52. The standard InChI is InChI=1S/C12H24N2O/c15-12(4-5-12)6-9-14-10-11-2-1-7-13-8-3-11/h11,13-15H,1-10H2. The van der Waals surface area contributed by atoms with Crippen LogP contribution >= 0.6 is 0 Å². The molecule has 1 saturated heterocycles. The summed E-state index contributed by atoms with van der Waals surface area (Å²) < 4.78 is 0. The summed E-state index contributed by atoms with van der Waals surface area (Å²) in [7, 11) is 0. The van der Waals surface area contributed by atoms with E-state index in [-0.39, 0.29) is 5.60 Å². The maximum atomic E-state index is 9.66. The number of rotatable bonds is 5. The van der Waals surface area contributed by atoms with Crippen LogP contribution in [-0.2, 0) is 0 Å². The molecule has 2 rings (SSSR count). The van der Waals surface area contributed by atoms with Crippen molar-refractivity contribution in [1.82, 2.24) is 10.6 Å². The van der Waals surface area contributed by atoms with Crippen molar-refractivity contribution in [3.05, 3.63) is 0 Å². The lowest BCUT2D eigenvalue weighted by atomic mass is 10.0. The van der Waals surface area contributed by atoms with E-state index in [1.54, 1.807) is 0 Å². The fourth-order valence-electron chi connectivity index (χ4n) is 2.32. The van der Waals surface area contributed by atoms with Gasteiger partial charge in [0, 0.05) is 0 Å². The van der Waals surface area contributed by atoms with E-state index in [0.29, 0.717) is 0 Å². The molecule has 3 heteroatoms. The monoisotopic (exact) mass is 212 g/mol. The molecule has 0 radical (unpaired) electrons. The molecule has 1 aliphatic heterocycles. The molecule has 1 heterocycles. The molecule has 0 bridgehead atoms. The van der Waals surface area contributed by atoms with Gasteiger partial charge in [0.25, 0.3) is 0 Å². The summed E-state index contributed by atoms with van der Waals surface area (Å²) in [5.41, 5.74) is -0.280. The van der Waals surface area contributed by atoms with Gasteiger partial charge in [-0.05, 0) is 70.6 Å². The molecule has 3 N–H and O–H groups in total. The van der Waals surface area contributed by atoms with E-state index >= 15 is 0 Å². The minimum absolute atomic E-state index is 0.280. The molecule has 2 fully saturated rings. The van der Waals surface area contributed by atoms with Crippen LogP contribution in [0.3, 0.4) is 0 Å². The molecule has 1 atom stereocenters. The van der Waals surface area contributed by atoms with Crippen molar-refractivity contribution in [3.8, 4) is 0 Å². The normalized spacial score (nSPS) is 29.8. The van der Waals surface area contributed by atoms with Gasteiger partial charge < -0.3 is 15.7 Å². The minimum atomic E-state index is -0.280. The fourth-order valence-corrected chi connectivity index (χ4v) is 2.32. The first-order valence-electron chi connectivity index (χ1n) is 6.42. The van der Waals surface area contributed by atoms with Crippen molar-refractivity contribution in [2.45, 2.75) is 44.1 Å². The summed E-state index contributed by atoms with van der Waals surface area (Å²) >= 11 is 0. The molecule has 0 aromatic rings. The Kier molecular flexibility index (Phi) is 4.00. The summed E-state index contributed by atoms with van der Waals surface area (Å²) in [5.74, 6) is 0.842. The van der Waals surface area contributed by atoms with Gasteiger partial charge in [0.15, 0.2) is 0 Å². The smallest absolute Gasteiger partial charge is 0.0662 e. The number of aliphatic hydroxyl groups is 1. The van der Waals surface area contributed by atoms with E-state index in [2.05, 4.69) is 10.6 Å². The first-order chi connectivity index (χ1) is 7.29. The highest BCUT2D eigenvalue weighted by Crippen LogP contribution is 2.37. The third-order valence-corrected chi connectivity index (χ3v) is 3.72. The van der Waals surface area contributed by atoms with Gasteiger partial charge in [-0.2, -0.15) is 0 Å². The van der Waals surface area contributed by atoms with E-state index in [1.807, 2.05) is 0 Å². The van der Waals surface area contributed by atoms with Gasteiger partial charge in [0.1, 0.15) is 0 Å². The zero-order valence-corrected chi connectivity index (χ0v) is 9.60. The Morgan fingerprint density at radius 1 is 1.27 bits per heavy atom. The molecule has 1 unspecified atom stereocenters. The van der Waals surface area contributed by atoms with E-state index in [0.717, 1.165) is 38.3 Å². The van der Waals surface area contributed by atoms with Gasteiger partial charge >= 0.3 is 0 Å². The molecule has 0 aromatic heterocycles.